The van der Waals surface area contributed by atoms with Crippen LogP contribution in [0.25, 0.3) is 0 Å². The van der Waals surface area contributed by atoms with Crippen molar-refractivity contribution in [2.24, 2.45) is 11.8 Å². The van der Waals surface area contributed by atoms with E-state index in [2.05, 4.69) is 9.97 Å². The third-order valence-corrected chi connectivity index (χ3v) is 6.63. The number of ether oxygens (including phenoxy) is 2. The van der Waals surface area contributed by atoms with Crippen LogP contribution in [0, 0.1) is 11.8 Å². The second-order valence-corrected chi connectivity index (χ2v) is 8.61. The van der Waals surface area contributed by atoms with E-state index >= 15 is 0 Å². The van der Waals surface area contributed by atoms with Gasteiger partial charge in [-0.05, 0) is 62.8 Å². The van der Waals surface area contributed by atoms with Gasteiger partial charge in [-0.2, -0.15) is 0 Å². The molecule has 0 saturated carbocycles. The molecule has 2 aromatic rings. The van der Waals surface area contributed by atoms with Gasteiger partial charge in [-0.1, -0.05) is 0 Å². The second-order valence-electron chi connectivity index (χ2n) is 8.61. The number of esters is 2. The fourth-order valence-electron chi connectivity index (χ4n) is 5.03. The van der Waals surface area contributed by atoms with Crippen LogP contribution in [0.2, 0.25) is 0 Å². The Hall–Kier alpha value is -3.56. The van der Waals surface area contributed by atoms with Crippen LogP contribution in [0.1, 0.15) is 47.7 Å². The summed E-state index contributed by atoms with van der Waals surface area (Å²) in [5.74, 6) is -1.58. The van der Waals surface area contributed by atoms with Crippen molar-refractivity contribution in [3.05, 3.63) is 48.0 Å². The van der Waals surface area contributed by atoms with Crippen LogP contribution in [0.5, 0.6) is 0 Å². The van der Waals surface area contributed by atoms with Gasteiger partial charge in [-0.3, -0.25) is 9.59 Å². The molecule has 2 fully saturated rings. The Labute approximate surface area is 197 Å². The van der Waals surface area contributed by atoms with Crippen molar-refractivity contribution in [3.63, 3.8) is 0 Å². The molecule has 2 aliphatic rings. The number of rotatable bonds is 7. The Bertz CT molecular complexity index is 936. The Balaban J connectivity index is 1.56. The molecule has 10 nitrogen and oxygen atoms in total. The molecule has 2 aliphatic heterocycles. The Morgan fingerprint density at radius 2 is 1.21 bits per heavy atom. The fourth-order valence-corrected chi connectivity index (χ4v) is 5.03. The van der Waals surface area contributed by atoms with E-state index < -0.39 is 24.0 Å². The maximum atomic E-state index is 13.1. The van der Waals surface area contributed by atoms with Gasteiger partial charge < -0.3 is 29.2 Å². The summed E-state index contributed by atoms with van der Waals surface area (Å²) in [6.45, 7) is 4.58. The van der Waals surface area contributed by atoms with Gasteiger partial charge in [0.05, 0.1) is 13.2 Å². The van der Waals surface area contributed by atoms with Gasteiger partial charge in [0.2, 0.25) is 0 Å². The normalized spacial score (nSPS) is 24.3. The third kappa shape index (κ3) is 4.57. The molecule has 2 saturated heterocycles. The highest BCUT2D eigenvalue weighted by Gasteiger charge is 2.49. The third-order valence-electron chi connectivity index (χ3n) is 6.63. The molecule has 0 radical (unpaired) electrons. The Morgan fingerprint density at radius 3 is 1.53 bits per heavy atom. The largest absolute Gasteiger partial charge is 0.464 e. The van der Waals surface area contributed by atoms with E-state index in [4.69, 9.17) is 9.47 Å². The molecule has 2 aromatic heterocycles. The van der Waals surface area contributed by atoms with Crippen molar-refractivity contribution in [3.8, 4) is 0 Å². The van der Waals surface area contributed by atoms with Gasteiger partial charge in [0.15, 0.2) is 0 Å². The van der Waals surface area contributed by atoms with Gasteiger partial charge in [0.1, 0.15) is 23.5 Å². The van der Waals surface area contributed by atoms with Crippen LogP contribution in [0.3, 0.4) is 0 Å². The number of nitrogens with zero attached hydrogens (tertiary/aromatic N) is 2. The van der Waals surface area contributed by atoms with Crippen molar-refractivity contribution >= 4 is 23.8 Å². The standard InChI is InChI=1S/C24H30N4O6/c1-3-33-23(31)19-11-15(13-27(19)21(29)17-7-5-9-25-17)16-12-20(24(32)34-4-2)28(14-16)22(30)18-8-6-10-26-18/h5-10,15-16,19-20,25-26H,3-4,11-14H2,1-2H3/t15-,16-,19-,20-/m0/s1. The van der Waals surface area contributed by atoms with Crippen molar-refractivity contribution in [1.29, 1.82) is 0 Å². The molecule has 34 heavy (non-hydrogen) atoms. The number of hydrogen-bond acceptors (Lipinski definition) is 6. The zero-order valence-electron chi connectivity index (χ0n) is 19.4. The molecule has 2 N–H and O–H groups in total. The molecule has 0 aliphatic carbocycles. The van der Waals surface area contributed by atoms with Crippen molar-refractivity contribution in [1.82, 2.24) is 19.8 Å². The molecule has 2 amide bonds. The molecule has 10 heteroatoms. The van der Waals surface area contributed by atoms with Crippen molar-refractivity contribution in [2.75, 3.05) is 26.3 Å². The van der Waals surface area contributed by atoms with Crippen LogP contribution in [0.4, 0.5) is 0 Å². The second kappa shape index (κ2) is 10.1. The molecule has 182 valence electrons. The lowest BCUT2D eigenvalue weighted by molar-refractivity contribution is -0.148. The highest BCUT2D eigenvalue weighted by atomic mass is 16.5. The first-order valence-electron chi connectivity index (χ1n) is 11.7. The minimum absolute atomic E-state index is 0.0771. The summed E-state index contributed by atoms with van der Waals surface area (Å²) in [4.78, 5) is 60.5. The van der Waals surface area contributed by atoms with E-state index in [1.165, 1.54) is 0 Å². The molecule has 0 unspecified atom stereocenters. The first kappa shape index (κ1) is 23.6. The lowest BCUT2D eigenvalue weighted by atomic mass is 9.88. The predicted octanol–water partition coefficient (Wildman–Crippen LogP) is 1.83. The average Bonchev–Trinajstić information content (AvgIpc) is 3.64. The van der Waals surface area contributed by atoms with Crippen LogP contribution >= 0.6 is 0 Å². The lowest BCUT2D eigenvalue weighted by Gasteiger charge is -2.23. The molecular weight excluding hydrogens is 440 g/mol. The lowest BCUT2D eigenvalue weighted by Crippen LogP contribution is -2.41. The van der Waals surface area contributed by atoms with E-state index in [9.17, 15) is 19.2 Å². The van der Waals surface area contributed by atoms with Crippen molar-refractivity contribution in [2.45, 2.75) is 38.8 Å². The number of hydrogen-bond donors (Lipinski definition) is 2. The molecule has 0 bridgehead atoms. The summed E-state index contributed by atoms with van der Waals surface area (Å²) in [6, 6.07) is 5.36. The van der Waals surface area contributed by atoms with E-state index in [0.29, 0.717) is 37.3 Å². The number of nitrogens with one attached hydrogen (secondary N) is 2. The number of H-pyrrole nitrogens is 2. The molecule has 0 spiro atoms. The predicted molar refractivity (Wildman–Crippen MR) is 121 cm³/mol. The highest BCUT2D eigenvalue weighted by Crippen LogP contribution is 2.38. The number of aromatic nitrogens is 2. The average molecular weight is 471 g/mol. The first-order chi connectivity index (χ1) is 16.4. The Kier molecular flexibility index (Phi) is 7.04. The minimum Gasteiger partial charge on any atom is -0.464 e. The topological polar surface area (TPSA) is 125 Å². The van der Waals surface area contributed by atoms with E-state index in [1.807, 2.05) is 0 Å². The monoisotopic (exact) mass is 470 g/mol. The number of amides is 2. The SMILES string of the molecule is CCOC(=O)[C@@H]1C[C@H]([C@H]2C[C@@H](C(=O)OCC)N(C(=O)c3ccc[nH]3)C2)CN1C(=O)c1ccc[nH]1. The van der Waals surface area contributed by atoms with E-state index in [1.54, 1.807) is 60.3 Å². The molecule has 4 atom stereocenters. The number of likely N-dealkylation sites (tertiary alicyclic amines) is 2. The number of carbonyl (C=O) groups is 4. The smallest absolute Gasteiger partial charge is 0.328 e. The van der Waals surface area contributed by atoms with Crippen molar-refractivity contribution < 1.29 is 28.7 Å². The highest BCUT2D eigenvalue weighted by molar-refractivity contribution is 5.96. The van der Waals surface area contributed by atoms with E-state index in [-0.39, 0.29) is 36.9 Å². The van der Waals surface area contributed by atoms with Crippen LogP contribution in [-0.4, -0.2) is 81.9 Å². The summed E-state index contributed by atoms with van der Waals surface area (Å²) in [5, 5.41) is 0. The maximum Gasteiger partial charge on any atom is 0.328 e. The van der Waals surface area contributed by atoms with Gasteiger partial charge >= 0.3 is 11.9 Å². The zero-order chi connectivity index (χ0) is 24.2. The summed E-state index contributed by atoms with van der Waals surface area (Å²) in [6.07, 6.45) is 4.14. The first-order valence-corrected chi connectivity index (χ1v) is 11.7. The van der Waals surface area contributed by atoms with Crippen LogP contribution in [-0.2, 0) is 19.1 Å². The van der Waals surface area contributed by atoms with Gasteiger partial charge in [-0.25, -0.2) is 9.59 Å². The molecule has 0 aromatic carbocycles. The summed E-state index contributed by atoms with van der Waals surface area (Å²) in [7, 11) is 0. The quantitative estimate of drug-likeness (QED) is 0.595. The van der Waals surface area contributed by atoms with Gasteiger partial charge in [0, 0.05) is 25.5 Å². The summed E-state index contributed by atoms with van der Waals surface area (Å²) in [5.41, 5.74) is 0.795. The number of aromatic amines is 2. The van der Waals surface area contributed by atoms with Gasteiger partial charge in [-0.15, -0.1) is 0 Å². The maximum absolute atomic E-state index is 13.1. The fraction of sp³-hybridized carbons (Fsp3) is 0.500. The van der Waals surface area contributed by atoms with E-state index in [0.717, 1.165) is 0 Å². The summed E-state index contributed by atoms with van der Waals surface area (Å²) < 4.78 is 10.5. The molecular formula is C24H30N4O6. The summed E-state index contributed by atoms with van der Waals surface area (Å²) >= 11 is 0. The van der Waals surface area contributed by atoms with Crippen LogP contribution < -0.4 is 0 Å². The Morgan fingerprint density at radius 1 is 0.794 bits per heavy atom. The zero-order valence-corrected chi connectivity index (χ0v) is 19.4. The number of carbonyl (C=O) groups excluding carboxylic acids is 4. The molecule has 4 heterocycles. The van der Waals surface area contributed by atoms with Crippen LogP contribution in [0.15, 0.2) is 36.7 Å². The minimum atomic E-state index is -0.713. The van der Waals surface area contributed by atoms with Gasteiger partial charge in [0.25, 0.3) is 11.8 Å². The molecule has 4 rings (SSSR count).